The Morgan fingerprint density at radius 3 is 2.88 bits per heavy atom. The molecule has 142 valence electrons. The van der Waals surface area contributed by atoms with Crippen molar-refractivity contribution >= 4 is 5.97 Å². The molecule has 1 saturated carbocycles. The van der Waals surface area contributed by atoms with Gasteiger partial charge in [-0.25, -0.2) is 0 Å². The fourth-order valence-corrected chi connectivity index (χ4v) is 3.96. The summed E-state index contributed by atoms with van der Waals surface area (Å²) in [7, 11) is 0. The SMILES string of the molecule is CCCCC[C@H](O)C=C[C@H]1C(O)CC2COC(=CCCCC(=O)O)C21. The zero-order valence-corrected chi connectivity index (χ0v) is 15.1. The molecule has 0 spiro atoms. The van der Waals surface area contributed by atoms with Crippen LogP contribution in [0.4, 0.5) is 0 Å². The first kappa shape index (κ1) is 20.0. The molecule has 1 saturated heterocycles. The van der Waals surface area contributed by atoms with Crippen molar-refractivity contribution in [1.29, 1.82) is 0 Å². The number of carboxylic acids is 1. The summed E-state index contributed by atoms with van der Waals surface area (Å²) in [5, 5.41) is 29.2. The van der Waals surface area contributed by atoms with E-state index in [4.69, 9.17) is 9.84 Å². The molecule has 0 aromatic rings. The van der Waals surface area contributed by atoms with E-state index < -0.39 is 18.2 Å². The molecule has 0 aromatic carbocycles. The van der Waals surface area contributed by atoms with Crippen molar-refractivity contribution in [3.05, 3.63) is 24.0 Å². The van der Waals surface area contributed by atoms with Gasteiger partial charge in [-0.3, -0.25) is 4.79 Å². The van der Waals surface area contributed by atoms with Crippen molar-refractivity contribution in [2.24, 2.45) is 17.8 Å². The summed E-state index contributed by atoms with van der Waals surface area (Å²) in [5.74, 6) is 0.547. The molecule has 0 radical (unpaired) electrons. The van der Waals surface area contributed by atoms with Crippen LogP contribution in [0, 0.1) is 17.8 Å². The molecule has 2 rings (SSSR count). The highest BCUT2D eigenvalue weighted by Gasteiger charge is 2.47. The van der Waals surface area contributed by atoms with Crippen LogP contribution < -0.4 is 0 Å². The number of allylic oxidation sites excluding steroid dienone is 2. The van der Waals surface area contributed by atoms with E-state index >= 15 is 0 Å². The lowest BCUT2D eigenvalue weighted by Gasteiger charge is -2.18. The number of rotatable bonds is 10. The van der Waals surface area contributed by atoms with Crippen LogP contribution >= 0.6 is 0 Å². The Hall–Kier alpha value is -1.33. The van der Waals surface area contributed by atoms with E-state index in [1.165, 1.54) is 0 Å². The number of aliphatic carboxylic acids is 1. The predicted molar refractivity (Wildman–Crippen MR) is 95.9 cm³/mol. The highest BCUT2D eigenvalue weighted by molar-refractivity contribution is 5.66. The molecule has 0 amide bonds. The van der Waals surface area contributed by atoms with Crippen molar-refractivity contribution < 1.29 is 24.9 Å². The lowest BCUT2D eigenvalue weighted by Crippen LogP contribution is -2.19. The average molecular weight is 352 g/mol. The van der Waals surface area contributed by atoms with Gasteiger partial charge in [-0.15, -0.1) is 0 Å². The summed E-state index contributed by atoms with van der Waals surface area (Å²) in [6.07, 6.45) is 11.1. The van der Waals surface area contributed by atoms with Gasteiger partial charge in [0.05, 0.1) is 24.6 Å². The quantitative estimate of drug-likeness (QED) is 0.415. The number of aliphatic hydroxyl groups excluding tert-OH is 2. The van der Waals surface area contributed by atoms with E-state index in [0.717, 1.165) is 37.9 Å². The molecule has 3 unspecified atom stereocenters. The van der Waals surface area contributed by atoms with Crippen LogP contribution in [-0.2, 0) is 9.53 Å². The first-order chi connectivity index (χ1) is 12.0. The van der Waals surface area contributed by atoms with Crippen LogP contribution in [-0.4, -0.2) is 40.1 Å². The third kappa shape index (κ3) is 5.86. The van der Waals surface area contributed by atoms with Crippen molar-refractivity contribution in [3.8, 4) is 0 Å². The average Bonchev–Trinajstić information content (AvgIpc) is 3.08. The van der Waals surface area contributed by atoms with Crippen molar-refractivity contribution in [1.82, 2.24) is 0 Å². The summed E-state index contributed by atoms with van der Waals surface area (Å²) in [6.45, 7) is 2.76. The highest BCUT2D eigenvalue weighted by Crippen LogP contribution is 2.47. The van der Waals surface area contributed by atoms with E-state index in [1.54, 1.807) is 0 Å². The molecule has 5 nitrogen and oxygen atoms in total. The zero-order chi connectivity index (χ0) is 18.2. The van der Waals surface area contributed by atoms with Crippen LogP contribution in [0.1, 0.15) is 58.3 Å². The minimum absolute atomic E-state index is 0.0287. The normalized spacial score (nSPS) is 31.4. The second-order valence-corrected chi connectivity index (χ2v) is 7.32. The minimum Gasteiger partial charge on any atom is -0.498 e. The van der Waals surface area contributed by atoms with Crippen LogP contribution in [0.2, 0.25) is 0 Å². The number of hydrogen-bond donors (Lipinski definition) is 3. The standard InChI is InChI=1S/C20H32O5/c1-2-3-4-7-15(21)10-11-16-17(22)12-14-13-25-18(20(14)16)8-5-6-9-19(23)24/h8,10-11,14-17,20-22H,2-7,9,12-13H2,1H3,(H,23,24)/t14?,15-,16-,17?,20?/m0/s1. The van der Waals surface area contributed by atoms with Crippen molar-refractivity contribution in [3.63, 3.8) is 0 Å². The summed E-state index contributed by atoms with van der Waals surface area (Å²) in [6, 6.07) is 0. The molecule has 3 N–H and O–H groups in total. The van der Waals surface area contributed by atoms with Gasteiger partial charge < -0.3 is 20.1 Å². The van der Waals surface area contributed by atoms with Crippen LogP contribution in [0.5, 0.6) is 0 Å². The van der Waals surface area contributed by atoms with Crippen molar-refractivity contribution in [2.45, 2.75) is 70.5 Å². The van der Waals surface area contributed by atoms with Crippen LogP contribution in [0.3, 0.4) is 0 Å². The number of fused-ring (bicyclic) bond motifs is 1. The van der Waals surface area contributed by atoms with Gasteiger partial charge in [0.25, 0.3) is 0 Å². The van der Waals surface area contributed by atoms with E-state index in [-0.39, 0.29) is 18.3 Å². The minimum atomic E-state index is -0.780. The monoisotopic (exact) mass is 352 g/mol. The molecule has 2 aliphatic rings. The Morgan fingerprint density at radius 1 is 1.36 bits per heavy atom. The molecule has 1 heterocycles. The maximum Gasteiger partial charge on any atom is 0.303 e. The van der Waals surface area contributed by atoms with Crippen LogP contribution in [0.15, 0.2) is 24.0 Å². The lowest BCUT2D eigenvalue weighted by molar-refractivity contribution is -0.137. The number of unbranched alkanes of at least 4 members (excludes halogenated alkanes) is 3. The molecule has 5 heteroatoms. The lowest BCUT2D eigenvalue weighted by atomic mass is 9.88. The summed E-state index contributed by atoms with van der Waals surface area (Å²) >= 11 is 0. The Labute approximate surface area is 150 Å². The third-order valence-electron chi connectivity index (χ3n) is 5.30. The van der Waals surface area contributed by atoms with Gasteiger partial charge in [-0.05, 0) is 31.8 Å². The molecular weight excluding hydrogens is 320 g/mol. The third-order valence-corrected chi connectivity index (χ3v) is 5.30. The summed E-state index contributed by atoms with van der Waals surface area (Å²) in [5.41, 5.74) is 0. The van der Waals surface area contributed by atoms with Gasteiger partial charge in [0, 0.05) is 24.2 Å². The fourth-order valence-electron chi connectivity index (χ4n) is 3.96. The molecule has 0 aromatic heterocycles. The van der Waals surface area contributed by atoms with Crippen LogP contribution in [0.25, 0.3) is 0 Å². The summed E-state index contributed by atoms with van der Waals surface area (Å²) in [4.78, 5) is 10.6. The Kier molecular flexibility index (Phi) is 7.97. The Balaban J connectivity index is 1.92. The molecule has 0 bridgehead atoms. The van der Waals surface area contributed by atoms with Gasteiger partial charge >= 0.3 is 5.97 Å². The van der Waals surface area contributed by atoms with Crippen molar-refractivity contribution in [2.75, 3.05) is 6.61 Å². The largest absolute Gasteiger partial charge is 0.498 e. The smallest absolute Gasteiger partial charge is 0.303 e. The Morgan fingerprint density at radius 2 is 2.16 bits per heavy atom. The molecule has 25 heavy (non-hydrogen) atoms. The molecular formula is C20H32O5. The first-order valence-electron chi connectivity index (χ1n) is 9.62. The van der Waals surface area contributed by atoms with E-state index in [1.807, 2.05) is 18.2 Å². The fraction of sp³-hybridized carbons (Fsp3) is 0.750. The number of ether oxygens (including phenoxy) is 1. The maximum atomic E-state index is 10.6. The number of carbonyl (C=O) groups is 1. The van der Waals surface area contributed by atoms with E-state index in [9.17, 15) is 15.0 Å². The maximum absolute atomic E-state index is 10.6. The first-order valence-corrected chi connectivity index (χ1v) is 9.62. The van der Waals surface area contributed by atoms with Gasteiger partial charge in [-0.1, -0.05) is 38.3 Å². The van der Waals surface area contributed by atoms with E-state index in [2.05, 4.69) is 6.92 Å². The molecule has 1 aliphatic carbocycles. The second-order valence-electron chi connectivity index (χ2n) is 7.32. The van der Waals surface area contributed by atoms with E-state index in [0.29, 0.717) is 25.4 Å². The number of hydrogen-bond acceptors (Lipinski definition) is 4. The van der Waals surface area contributed by atoms with Gasteiger partial charge in [0.1, 0.15) is 0 Å². The zero-order valence-electron chi connectivity index (χ0n) is 15.1. The van der Waals surface area contributed by atoms with Gasteiger partial charge in [-0.2, -0.15) is 0 Å². The van der Waals surface area contributed by atoms with Gasteiger partial charge in [0.2, 0.25) is 0 Å². The topological polar surface area (TPSA) is 87.0 Å². The van der Waals surface area contributed by atoms with Gasteiger partial charge in [0.15, 0.2) is 0 Å². The molecule has 2 fully saturated rings. The summed E-state index contributed by atoms with van der Waals surface area (Å²) < 4.78 is 5.80. The molecule has 1 aliphatic heterocycles. The number of aliphatic hydroxyl groups is 2. The second kappa shape index (κ2) is 9.97. The predicted octanol–water partition coefficient (Wildman–Crippen LogP) is 3.27. The number of carboxylic acid groups (broad SMARTS) is 1. The Bertz CT molecular complexity index is 484. The molecule has 5 atom stereocenters. The highest BCUT2D eigenvalue weighted by atomic mass is 16.5.